The smallest absolute Gasteiger partial charge is 0.256 e. The third kappa shape index (κ3) is 2.46. The Morgan fingerprint density at radius 2 is 2.30 bits per heavy atom. The monoisotopic (exact) mass is 336 g/mol. The van der Waals surface area contributed by atoms with E-state index in [2.05, 4.69) is 26.0 Å². The quantitative estimate of drug-likeness (QED) is 0.895. The van der Waals surface area contributed by atoms with Crippen molar-refractivity contribution in [2.45, 2.75) is 12.5 Å². The molecule has 1 N–H and O–H groups in total. The standard InChI is InChI=1S/C13H13BrN4O2/c14-9-1-2-11(12(5-9)18-8-15-7-16-18)13(20)17-4-3-10(19)6-17/h1-2,5,7-8,10,19H,3-4,6H2/t10-/m1/s1. The molecule has 7 heteroatoms. The lowest BCUT2D eigenvalue weighted by atomic mass is 10.1. The number of aliphatic hydroxyl groups excluding tert-OH is 1. The van der Waals surface area contributed by atoms with Crippen LogP contribution in [0.15, 0.2) is 35.3 Å². The fourth-order valence-corrected chi connectivity index (χ4v) is 2.65. The minimum atomic E-state index is -0.427. The molecule has 1 aliphatic rings. The van der Waals surface area contributed by atoms with Gasteiger partial charge in [-0.25, -0.2) is 9.67 Å². The molecule has 1 aromatic heterocycles. The highest BCUT2D eigenvalue weighted by Crippen LogP contribution is 2.22. The number of rotatable bonds is 2. The van der Waals surface area contributed by atoms with Crippen molar-refractivity contribution in [1.82, 2.24) is 19.7 Å². The lowest BCUT2D eigenvalue weighted by molar-refractivity contribution is 0.0765. The van der Waals surface area contributed by atoms with E-state index >= 15 is 0 Å². The molecule has 1 saturated heterocycles. The predicted molar refractivity (Wildman–Crippen MR) is 75.6 cm³/mol. The maximum absolute atomic E-state index is 12.6. The number of hydrogen-bond acceptors (Lipinski definition) is 4. The zero-order valence-corrected chi connectivity index (χ0v) is 12.2. The molecule has 2 heterocycles. The summed E-state index contributed by atoms with van der Waals surface area (Å²) >= 11 is 3.40. The fraction of sp³-hybridized carbons (Fsp3) is 0.308. The molecule has 6 nitrogen and oxygen atoms in total. The Hall–Kier alpha value is -1.73. The van der Waals surface area contributed by atoms with Gasteiger partial charge in [0.15, 0.2) is 0 Å². The molecule has 0 radical (unpaired) electrons. The highest BCUT2D eigenvalue weighted by Gasteiger charge is 2.27. The first-order valence-electron chi connectivity index (χ1n) is 6.27. The summed E-state index contributed by atoms with van der Waals surface area (Å²) in [4.78, 5) is 18.1. The second kappa shape index (κ2) is 5.34. The minimum absolute atomic E-state index is 0.0976. The number of carbonyl (C=O) groups excluding carboxylic acids is 1. The molecule has 1 fully saturated rings. The van der Waals surface area contributed by atoms with E-state index in [0.717, 1.165) is 4.47 Å². The molecular weight excluding hydrogens is 324 g/mol. The highest BCUT2D eigenvalue weighted by atomic mass is 79.9. The lowest BCUT2D eigenvalue weighted by Crippen LogP contribution is -2.30. The van der Waals surface area contributed by atoms with Gasteiger partial charge in [0, 0.05) is 17.6 Å². The number of carbonyl (C=O) groups is 1. The molecule has 1 amide bonds. The van der Waals surface area contributed by atoms with Crippen LogP contribution >= 0.6 is 15.9 Å². The number of aromatic nitrogens is 3. The van der Waals surface area contributed by atoms with Crippen LogP contribution < -0.4 is 0 Å². The Morgan fingerprint density at radius 3 is 2.95 bits per heavy atom. The maximum atomic E-state index is 12.6. The summed E-state index contributed by atoms with van der Waals surface area (Å²) in [5.41, 5.74) is 1.22. The van der Waals surface area contributed by atoms with Crippen molar-refractivity contribution in [2.75, 3.05) is 13.1 Å². The molecule has 3 rings (SSSR count). The number of amides is 1. The number of aliphatic hydroxyl groups is 1. The molecule has 0 aliphatic carbocycles. The van der Waals surface area contributed by atoms with Gasteiger partial charge in [-0.1, -0.05) is 15.9 Å². The van der Waals surface area contributed by atoms with Crippen molar-refractivity contribution in [3.8, 4) is 5.69 Å². The van der Waals surface area contributed by atoms with Crippen LogP contribution in [0.1, 0.15) is 16.8 Å². The second-order valence-electron chi connectivity index (χ2n) is 4.70. The van der Waals surface area contributed by atoms with E-state index in [4.69, 9.17) is 0 Å². The SMILES string of the molecule is O=C(c1ccc(Br)cc1-n1cncn1)N1CC[C@@H](O)C1. The highest BCUT2D eigenvalue weighted by molar-refractivity contribution is 9.10. The van der Waals surface area contributed by atoms with Crippen molar-refractivity contribution in [3.05, 3.63) is 40.9 Å². The topological polar surface area (TPSA) is 71.2 Å². The van der Waals surface area contributed by atoms with Crippen molar-refractivity contribution < 1.29 is 9.90 Å². The van der Waals surface area contributed by atoms with Gasteiger partial charge in [-0.15, -0.1) is 0 Å². The Morgan fingerprint density at radius 1 is 1.45 bits per heavy atom. The zero-order chi connectivity index (χ0) is 14.1. The van der Waals surface area contributed by atoms with Gasteiger partial charge in [0.25, 0.3) is 5.91 Å². The van der Waals surface area contributed by atoms with Gasteiger partial charge in [0.05, 0.1) is 17.4 Å². The van der Waals surface area contributed by atoms with Crippen LogP contribution in [0.4, 0.5) is 0 Å². The summed E-state index contributed by atoms with van der Waals surface area (Å²) in [7, 11) is 0. The predicted octanol–water partition coefficient (Wildman–Crippen LogP) is 1.24. The van der Waals surface area contributed by atoms with Crippen LogP contribution in [-0.4, -0.2) is 49.9 Å². The van der Waals surface area contributed by atoms with E-state index in [9.17, 15) is 9.90 Å². The molecule has 0 bridgehead atoms. The van der Waals surface area contributed by atoms with Crippen molar-refractivity contribution >= 4 is 21.8 Å². The molecule has 0 saturated carbocycles. The third-order valence-corrected chi connectivity index (χ3v) is 3.80. The van der Waals surface area contributed by atoms with Gasteiger partial charge >= 0.3 is 0 Å². The second-order valence-corrected chi connectivity index (χ2v) is 5.61. The Labute approximate surface area is 124 Å². The maximum Gasteiger partial charge on any atom is 0.256 e. The molecule has 2 aromatic rings. The van der Waals surface area contributed by atoms with Gasteiger partial charge in [-0.2, -0.15) is 5.10 Å². The molecule has 104 valence electrons. The average Bonchev–Trinajstić information content (AvgIpc) is 3.09. The van der Waals surface area contributed by atoms with Gasteiger partial charge in [0.2, 0.25) is 0 Å². The van der Waals surface area contributed by atoms with Crippen LogP contribution in [0.25, 0.3) is 5.69 Å². The normalized spacial score (nSPS) is 18.5. The Balaban J connectivity index is 1.99. The van der Waals surface area contributed by atoms with Crippen LogP contribution in [0.3, 0.4) is 0 Å². The number of benzene rings is 1. The summed E-state index contributed by atoms with van der Waals surface area (Å²) in [6.45, 7) is 0.957. The van der Waals surface area contributed by atoms with E-state index in [1.807, 2.05) is 12.1 Å². The number of likely N-dealkylation sites (tertiary alicyclic amines) is 1. The number of hydrogen-bond donors (Lipinski definition) is 1. The third-order valence-electron chi connectivity index (χ3n) is 3.31. The lowest BCUT2D eigenvalue weighted by Gasteiger charge is -2.17. The summed E-state index contributed by atoms with van der Waals surface area (Å²) in [6.07, 6.45) is 3.18. The van der Waals surface area contributed by atoms with Gasteiger partial charge in [0.1, 0.15) is 12.7 Å². The van der Waals surface area contributed by atoms with Crippen LogP contribution in [0.5, 0.6) is 0 Å². The summed E-state index contributed by atoms with van der Waals surface area (Å²) in [5.74, 6) is -0.0976. The molecular formula is C13H13BrN4O2. The van der Waals surface area contributed by atoms with Gasteiger partial charge in [-0.3, -0.25) is 4.79 Å². The summed E-state index contributed by atoms with van der Waals surface area (Å²) in [6, 6.07) is 5.41. The molecule has 1 aliphatic heterocycles. The van der Waals surface area contributed by atoms with Crippen LogP contribution in [0.2, 0.25) is 0 Å². The number of halogens is 1. The molecule has 20 heavy (non-hydrogen) atoms. The van der Waals surface area contributed by atoms with Gasteiger partial charge < -0.3 is 10.0 Å². The summed E-state index contributed by atoms with van der Waals surface area (Å²) in [5, 5.41) is 13.6. The minimum Gasteiger partial charge on any atom is -0.391 e. The average molecular weight is 337 g/mol. The van der Waals surface area contributed by atoms with Crippen LogP contribution in [0, 0.1) is 0 Å². The van der Waals surface area contributed by atoms with E-state index in [-0.39, 0.29) is 5.91 Å². The first-order valence-corrected chi connectivity index (χ1v) is 7.06. The van der Waals surface area contributed by atoms with E-state index < -0.39 is 6.10 Å². The largest absolute Gasteiger partial charge is 0.391 e. The zero-order valence-electron chi connectivity index (χ0n) is 10.6. The van der Waals surface area contributed by atoms with E-state index in [1.165, 1.54) is 6.33 Å². The first kappa shape index (κ1) is 13.3. The molecule has 0 spiro atoms. The first-order chi connectivity index (χ1) is 9.65. The Kier molecular flexibility index (Phi) is 3.54. The van der Waals surface area contributed by atoms with Gasteiger partial charge in [-0.05, 0) is 24.6 Å². The van der Waals surface area contributed by atoms with E-state index in [1.54, 1.807) is 22.0 Å². The molecule has 0 unspecified atom stereocenters. The molecule has 1 atom stereocenters. The van der Waals surface area contributed by atoms with Crippen LogP contribution in [-0.2, 0) is 0 Å². The van der Waals surface area contributed by atoms with Crippen molar-refractivity contribution in [2.24, 2.45) is 0 Å². The summed E-state index contributed by atoms with van der Waals surface area (Å²) < 4.78 is 2.42. The molecule has 1 aromatic carbocycles. The number of nitrogens with zero attached hydrogens (tertiary/aromatic N) is 4. The Bertz CT molecular complexity index is 629. The fourth-order valence-electron chi connectivity index (χ4n) is 2.30. The van der Waals surface area contributed by atoms with Crippen molar-refractivity contribution in [3.63, 3.8) is 0 Å². The van der Waals surface area contributed by atoms with Crippen molar-refractivity contribution in [1.29, 1.82) is 0 Å². The van der Waals surface area contributed by atoms with E-state index in [0.29, 0.717) is 30.8 Å². The number of β-amino-alcohol motifs (C(OH)–C–C–N with tert-alkyl or cyclic N) is 1.